The second-order valence-electron chi connectivity index (χ2n) is 4.37. The van der Waals surface area contributed by atoms with Crippen LogP contribution < -0.4 is 0 Å². The lowest BCUT2D eigenvalue weighted by atomic mass is 10.1. The number of halogens is 1. The number of carboxylic acid groups (broad SMARTS) is 1. The van der Waals surface area contributed by atoms with Crippen molar-refractivity contribution in [3.63, 3.8) is 0 Å². The molecule has 100 valence electrons. The van der Waals surface area contributed by atoms with Gasteiger partial charge in [0.05, 0.1) is 5.56 Å². The number of carbonyl (C=O) groups is 1. The zero-order chi connectivity index (χ0) is 13.8. The highest BCUT2D eigenvalue weighted by molar-refractivity contribution is 9.10. The van der Waals surface area contributed by atoms with Crippen molar-refractivity contribution >= 4 is 33.2 Å². The summed E-state index contributed by atoms with van der Waals surface area (Å²) in [5, 5.41) is 10.9. The lowest BCUT2D eigenvalue weighted by molar-refractivity contribution is 0.0697. The maximum Gasteiger partial charge on any atom is 0.335 e. The maximum atomic E-state index is 10.8. The van der Waals surface area contributed by atoms with Crippen LogP contribution >= 0.6 is 27.3 Å². The summed E-state index contributed by atoms with van der Waals surface area (Å²) < 4.78 is 1.14. The quantitative estimate of drug-likeness (QED) is 0.899. The molecule has 1 N–H and O–H groups in total. The number of thiophene rings is 1. The Balaban J connectivity index is 1.97. The van der Waals surface area contributed by atoms with Crippen molar-refractivity contribution in [2.75, 3.05) is 7.05 Å². The van der Waals surface area contributed by atoms with Crippen LogP contribution in [0, 0.1) is 0 Å². The van der Waals surface area contributed by atoms with Crippen LogP contribution in [0.2, 0.25) is 0 Å². The molecular weight excluding hydrogens is 326 g/mol. The van der Waals surface area contributed by atoms with Gasteiger partial charge in [0.1, 0.15) is 0 Å². The lowest BCUT2D eigenvalue weighted by Crippen LogP contribution is -2.16. The van der Waals surface area contributed by atoms with Gasteiger partial charge in [-0.05, 0) is 52.1 Å². The fourth-order valence-electron chi connectivity index (χ4n) is 1.80. The van der Waals surface area contributed by atoms with Crippen LogP contribution in [0.1, 0.15) is 20.8 Å². The monoisotopic (exact) mass is 339 g/mol. The third kappa shape index (κ3) is 3.89. The molecule has 0 saturated carbocycles. The molecule has 0 unspecified atom stereocenters. The summed E-state index contributed by atoms with van der Waals surface area (Å²) in [6.07, 6.45) is 0. The van der Waals surface area contributed by atoms with Crippen LogP contribution in [-0.4, -0.2) is 23.0 Å². The van der Waals surface area contributed by atoms with Gasteiger partial charge in [-0.2, -0.15) is 0 Å². The molecule has 0 radical (unpaired) electrons. The fourth-order valence-corrected chi connectivity index (χ4v) is 3.36. The Hall–Kier alpha value is -1.17. The molecule has 5 heteroatoms. The largest absolute Gasteiger partial charge is 0.478 e. The van der Waals surface area contributed by atoms with E-state index in [9.17, 15) is 4.79 Å². The van der Waals surface area contributed by atoms with Crippen LogP contribution in [0.4, 0.5) is 0 Å². The molecule has 2 rings (SSSR count). The molecule has 1 heterocycles. The minimum Gasteiger partial charge on any atom is -0.478 e. The Labute approximate surface area is 124 Å². The van der Waals surface area contributed by atoms with E-state index in [2.05, 4.69) is 39.3 Å². The van der Waals surface area contributed by atoms with Crippen molar-refractivity contribution in [3.8, 4) is 0 Å². The van der Waals surface area contributed by atoms with Gasteiger partial charge in [-0.15, -0.1) is 11.3 Å². The molecule has 0 bridgehead atoms. The average molecular weight is 340 g/mol. The van der Waals surface area contributed by atoms with Crippen molar-refractivity contribution in [1.29, 1.82) is 0 Å². The van der Waals surface area contributed by atoms with E-state index >= 15 is 0 Å². The summed E-state index contributed by atoms with van der Waals surface area (Å²) in [7, 11) is 2.05. The fraction of sp³-hybridized carbons (Fsp3) is 0.214. The SMILES string of the molecule is CN(Cc1ccc(C(=O)O)cc1)Cc1sccc1Br. The molecular formula is C14H14BrNO2S. The first-order chi connectivity index (χ1) is 9.06. The molecule has 0 saturated heterocycles. The maximum absolute atomic E-state index is 10.8. The highest BCUT2D eigenvalue weighted by Gasteiger charge is 2.07. The Morgan fingerprint density at radius 1 is 1.26 bits per heavy atom. The first kappa shape index (κ1) is 14.2. The molecule has 0 aliphatic rings. The highest BCUT2D eigenvalue weighted by atomic mass is 79.9. The average Bonchev–Trinajstić information content (AvgIpc) is 2.75. The number of hydrogen-bond donors (Lipinski definition) is 1. The molecule has 0 aliphatic heterocycles. The third-order valence-corrected chi connectivity index (χ3v) is 4.67. The van der Waals surface area contributed by atoms with Crippen molar-refractivity contribution in [2.24, 2.45) is 0 Å². The van der Waals surface area contributed by atoms with E-state index in [4.69, 9.17) is 5.11 Å². The summed E-state index contributed by atoms with van der Waals surface area (Å²) in [5.74, 6) is -0.887. The summed E-state index contributed by atoms with van der Waals surface area (Å²) in [6.45, 7) is 1.67. The second-order valence-corrected chi connectivity index (χ2v) is 6.22. The van der Waals surface area contributed by atoms with E-state index in [1.807, 2.05) is 12.1 Å². The van der Waals surface area contributed by atoms with Gasteiger partial charge >= 0.3 is 5.97 Å². The van der Waals surface area contributed by atoms with E-state index < -0.39 is 5.97 Å². The normalized spacial score (nSPS) is 10.9. The first-order valence-corrected chi connectivity index (χ1v) is 7.46. The second kappa shape index (κ2) is 6.32. The number of nitrogens with zero attached hydrogens (tertiary/aromatic N) is 1. The van der Waals surface area contributed by atoms with Crippen molar-refractivity contribution in [3.05, 3.63) is 56.2 Å². The van der Waals surface area contributed by atoms with Crippen molar-refractivity contribution in [1.82, 2.24) is 4.90 Å². The van der Waals surface area contributed by atoms with Crippen molar-refractivity contribution in [2.45, 2.75) is 13.1 Å². The van der Waals surface area contributed by atoms with Crippen LogP contribution in [-0.2, 0) is 13.1 Å². The number of hydrogen-bond acceptors (Lipinski definition) is 3. The zero-order valence-electron chi connectivity index (χ0n) is 10.5. The molecule has 1 aromatic heterocycles. The minimum atomic E-state index is -0.887. The van der Waals surface area contributed by atoms with Gasteiger partial charge < -0.3 is 5.11 Å². The summed E-state index contributed by atoms with van der Waals surface area (Å²) in [6, 6.07) is 9.07. The number of rotatable bonds is 5. The number of benzene rings is 1. The Morgan fingerprint density at radius 3 is 2.47 bits per heavy atom. The Morgan fingerprint density at radius 2 is 1.95 bits per heavy atom. The van der Waals surface area contributed by atoms with Gasteiger partial charge in [0.25, 0.3) is 0 Å². The van der Waals surface area contributed by atoms with E-state index in [-0.39, 0.29) is 0 Å². The molecule has 3 nitrogen and oxygen atoms in total. The Kier molecular flexibility index (Phi) is 4.74. The van der Waals surface area contributed by atoms with Gasteiger partial charge in [-0.25, -0.2) is 4.79 Å². The number of aromatic carboxylic acids is 1. The molecule has 0 aliphatic carbocycles. The smallest absolute Gasteiger partial charge is 0.335 e. The Bertz CT molecular complexity index is 565. The van der Waals surface area contributed by atoms with E-state index in [0.29, 0.717) is 5.56 Å². The molecule has 0 fully saturated rings. The van der Waals surface area contributed by atoms with Gasteiger partial charge in [0, 0.05) is 22.4 Å². The summed E-state index contributed by atoms with van der Waals surface area (Å²) in [4.78, 5) is 14.3. The van der Waals surface area contributed by atoms with E-state index in [0.717, 1.165) is 23.1 Å². The molecule has 19 heavy (non-hydrogen) atoms. The molecule has 0 atom stereocenters. The van der Waals surface area contributed by atoms with Crippen LogP contribution in [0.5, 0.6) is 0 Å². The first-order valence-electron chi connectivity index (χ1n) is 5.79. The van der Waals surface area contributed by atoms with Crippen LogP contribution in [0.15, 0.2) is 40.2 Å². The standard InChI is InChI=1S/C14H14BrNO2S/c1-16(9-13-12(15)6-7-19-13)8-10-2-4-11(5-3-10)14(17)18/h2-7H,8-9H2,1H3,(H,17,18). The van der Waals surface area contributed by atoms with Crippen LogP contribution in [0.3, 0.4) is 0 Å². The van der Waals surface area contributed by atoms with E-state index in [1.165, 1.54) is 4.88 Å². The summed E-state index contributed by atoms with van der Waals surface area (Å²) >= 11 is 5.25. The van der Waals surface area contributed by atoms with Gasteiger partial charge in [-0.1, -0.05) is 12.1 Å². The molecule has 0 spiro atoms. The molecule has 0 amide bonds. The van der Waals surface area contributed by atoms with Gasteiger partial charge in [0.2, 0.25) is 0 Å². The van der Waals surface area contributed by atoms with Crippen molar-refractivity contribution < 1.29 is 9.90 Å². The zero-order valence-corrected chi connectivity index (χ0v) is 12.9. The minimum absolute atomic E-state index is 0.326. The van der Waals surface area contributed by atoms with Gasteiger partial charge in [0.15, 0.2) is 0 Å². The predicted octanol–water partition coefficient (Wildman–Crippen LogP) is 3.84. The van der Waals surface area contributed by atoms with Gasteiger partial charge in [-0.3, -0.25) is 4.90 Å². The predicted molar refractivity (Wildman–Crippen MR) is 80.6 cm³/mol. The lowest BCUT2D eigenvalue weighted by Gasteiger charge is -2.16. The third-order valence-electron chi connectivity index (χ3n) is 2.76. The number of carboxylic acids is 1. The highest BCUT2D eigenvalue weighted by Crippen LogP contribution is 2.24. The topological polar surface area (TPSA) is 40.5 Å². The van der Waals surface area contributed by atoms with E-state index in [1.54, 1.807) is 23.5 Å². The van der Waals surface area contributed by atoms with Crippen LogP contribution in [0.25, 0.3) is 0 Å². The molecule has 1 aromatic carbocycles. The molecule has 2 aromatic rings. The summed E-state index contributed by atoms with van der Waals surface area (Å²) in [5.41, 5.74) is 1.44.